The van der Waals surface area contributed by atoms with Crippen molar-refractivity contribution in [3.63, 3.8) is 0 Å². The lowest BCUT2D eigenvalue weighted by atomic mass is 10.2. The van der Waals surface area contributed by atoms with Crippen molar-refractivity contribution in [1.29, 1.82) is 0 Å². The van der Waals surface area contributed by atoms with Crippen LogP contribution < -0.4 is 10.1 Å². The number of carbonyl (C=O) groups is 1. The number of thiazole rings is 1. The summed E-state index contributed by atoms with van der Waals surface area (Å²) in [5.74, 6) is 0.698. The van der Waals surface area contributed by atoms with Gasteiger partial charge in [-0.3, -0.25) is 4.79 Å². The van der Waals surface area contributed by atoms with E-state index in [1.54, 1.807) is 0 Å². The van der Waals surface area contributed by atoms with E-state index in [-0.39, 0.29) is 10.7 Å². The summed E-state index contributed by atoms with van der Waals surface area (Å²) in [5.41, 5.74) is 1.89. The van der Waals surface area contributed by atoms with Gasteiger partial charge in [0.05, 0.1) is 15.0 Å². The van der Waals surface area contributed by atoms with Crippen molar-refractivity contribution in [3.05, 3.63) is 53.1 Å². The van der Waals surface area contributed by atoms with Crippen molar-refractivity contribution in [2.24, 2.45) is 0 Å². The second kappa shape index (κ2) is 8.84. The van der Waals surface area contributed by atoms with Crippen molar-refractivity contribution >= 4 is 60.1 Å². The highest BCUT2D eigenvalue weighted by Crippen LogP contribution is 2.30. The first-order chi connectivity index (χ1) is 12.5. The molecule has 1 N–H and O–H groups in total. The minimum Gasteiger partial charge on any atom is -0.489 e. The Hall–Kier alpha value is -1.63. The minimum absolute atomic E-state index is 0.0647. The maximum atomic E-state index is 12.1. The van der Waals surface area contributed by atoms with Gasteiger partial charge in [-0.25, -0.2) is 4.98 Å². The molecule has 0 bridgehead atoms. The van der Waals surface area contributed by atoms with Gasteiger partial charge in [0.1, 0.15) is 12.4 Å². The maximum absolute atomic E-state index is 12.1. The van der Waals surface area contributed by atoms with E-state index in [9.17, 15) is 4.79 Å². The molecule has 3 aromatic rings. The molecule has 0 fully saturated rings. The first-order valence-electron chi connectivity index (χ1n) is 8.28. The van der Waals surface area contributed by atoms with Gasteiger partial charge in [0.2, 0.25) is 5.91 Å². The summed E-state index contributed by atoms with van der Waals surface area (Å²) >= 11 is 10.7. The van der Waals surface area contributed by atoms with Crippen LogP contribution in [-0.4, -0.2) is 15.7 Å². The Labute approximate surface area is 169 Å². The van der Waals surface area contributed by atoms with E-state index in [0.717, 1.165) is 34.4 Å². The Balaban J connectivity index is 1.67. The van der Waals surface area contributed by atoms with Gasteiger partial charge in [-0.1, -0.05) is 64.3 Å². The number of alkyl halides is 1. The van der Waals surface area contributed by atoms with Crippen LogP contribution >= 0.6 is 38.9 Å². The third kappa shape index (κ3) is 4.96. The first-order valence-corrected chi connectivity index (χ1v) is 10.4. The van der Waals surface area contributed by atoms with E-state index < -0.39 is 0 Å². The number of carbonyl (C=O) groups excluding carboxylic acids is 1. The summed E-state index contributed by atoms with van der Waals surface area (Å²) in [6.45, 7) is 2.51. The smallest absolute Gasteiger partial charge is 0.239 e. The van der Waals surface area contributed by atoms with Gasteiger partial charge in [0.25, 0.3) is 0 Å². The Morgan fingerprint density at radius 1 is 1.31 bits per heavy atom. The summed E-state index contributed by atoms with van der Waals surface area (Å²) in [7, 11) is 0. The van der Waals surface area contributed by atoms with Crippen molar-refractivity contribution in [2.75, 3.05) is 5.32 Å². The van der Waals surface area contributed by atoms with E-state index in [0.29, 0.717) is 16.8 Å². The number of nitrogens with one attached hydrogen (secondary N) is 1. The molecule has 0 aliphatic carbocycles. The van der Waals surface area contributed by atoms with Crippen molar-refractivity contribution in [3.8, 4) is 5.75 Å². The largest absolute Gasteiger partial charge is 0.489 e. The molecule has 3 rings (SSSR count). The number of amides is 1. The number of hydrogen-bond acceptors (Lipinski definition) is 4. The van der Waals surface area contributed by atoms with Crippen molar-refractivity contribution in [2.45, 2.75) is 31.2 Å². The standard InChI is InChI=1S/C19H18BrClN2O2S/c1-2-3-15(20)18(24)23-19-22-16-9-8-14(10-17(16)26-19)25-11-12-4-6-13(21)7-5-12/h4-10,15H,2-3,11H2,1H3,(H,22,23,24)/t15-/m1/s1. The Kier molecular flexibility index (Phi) is 6.51. The van der Waals surface area contributed by atoms with Gasteiger partial charge >= 0.3 is 0 Å². The molecule has 0 spiro atoms. The molecular weight excluding hydrogens is 436 g/mol. The van der Waals surface area contributed by atoms with Gasteiger partial charge in [-0.05, 0) is 42.3 Å². The van der Waals surface area contributed by atoms with Crippen LogP contribution in [0.3, 0.4) is 0 Å². The number of nitrogens with zero attached hydrogens (tertiary/aromatic N) is 1. The topological polar surface area (TPSA) is 51.2 Å². The number of aromatic nitrogens is 1. The summed E-state index contributed by atoms with van der Waals surface area (Å²) in [5, 5.41) is 4.17. The minimum atomic E-state index is -0.196. The van der Waals surface area contributed by atoms with Crippen molar-refractivity contribution in [1.82, 2.24) is 4.98 Å². The zero-order valence-electron chi connectivity index (χ0n) is 14.2. The van der Waals surface area contributed by atoms with Crippen LogP contribution in [0.25, 0.3) is 10.2 Å². The molecule has 0 aliphatic rings. The highest BCUT2D eigenvalue weighted by atomic mass is 79.9. The molecule has 1 atom stereocenters. The van der Waals surface area contributed by atoms with Gasteiger partial charge in [-0.2, -0.15) is 0 Å². The molecule has 1 aromatic heterocycles. The summed E-state index contributed by atoms with van der Waals surface area (Å²) in [6, 6.07) is 13.3. The average Bonchev–Trinajstić information content (AvgIpc) is 3.02. The molecule has 2 aromatic carbocycles. The second-order valence-electron chi connectivity index (χ2n) is 5.81. The fraction of sp³-hybridized carbons (Fsp3) is 0.263. The fourth-order valence-electron chi connectivity index (χ4n) is 2.36. The highest BCUT2D eigenvalue weighted by molar-refractivity contribution is 9.10. The number of fused-ring (bicyclic) bond motifs is 1. The number of halogens is 2. The molecule has 7 heteroatoms. The van der Waals surface area contributed by atoms with Crippen LogP contribution in [0.1, 0.15) is 25.3 Å². The van der Waals surface area contributed by atoms with Crippen molar-refractivity contribution < 1.29 is 9.53 Å². The predicted molar refractivity (Wildman–Crippen MR) is 112 cm³/mol. The number of hydrogen-bond donors (Lipinski definition) is 1. The fourth-order valence-corrected chi connectivity index (χ4v) is 3.96. The molecule has 0 saturated heterocycles. The summed E-state index contributed by atoms with van der Waals surface area (Å²) < 4.78 is 6.81. The molecule has 4 nitrogen and oxygen atoms in total. The zero-order chi connectivity index (χ0) is 18.5. The first kappa shape index (κ1) is 19.1. The third-order valence-corrected chi connectivity index (χ3v) is 5.79. The lowest BCUT2D eigenvalue weighted by molar-refractivity contribution is -0.115. The SMILES string of the molecule is CCC[C@@H](Br)C(=O)Nc1nc2ccc(OCc3ccc(Cl)cc3)cc2s1. The van der Waals surface area contributed by atoms with E-state index in [1.165, 1.54) is 11.3 Å². The lowest BCUT2D eigenvalue weighted by Gasteiger charge is -2.06. The number of benzene rings is 2. The lowest BCUT2D eigenvalue weighted by Crippen LogP contribution is -2.22. The molecule has 1 amide bonds. The molecular formula is C19H18BrClN2O2S. The summed E-state index contributed by atoms with van der Waals surface area (Å²) in [4.78, 5) is 16.4. The maximum Gasteiger partial charge on any atom is 0.239 e. The van der Waals surface area contributed by atoms with E-state index in [4.69, 9.17) is 16.3 Å². The normalized spacial score (nSPS) is 12.1. The Bertz CT molecular complexity index is 898. The molecule has 0 saturated carbocycles. The van der Waals surface area contributed by atoms with Crippen LogP contribution in [-0.2, 0) is 11.4 Å². The third-order valence-electron chi connectivity index (χ3n) is 3.74. The predicted octanol–water partition coefficient (Wildman–Crippen LogP) is 6.03. The Morgan fingerprint density at radius 3 is 2.81 bits per heavy atom. The zero-order valence-corrected chi connectivity index (χ0v) is 17.3. The monoisotopic (exact) mass is 452 g/mol. The van der Waals surface area contributed by atoms with Gasteiger partial charge in [0, 0.05) is 5.02 Å². The van der Waals surface area contributed by atoms with Gasteiger partial charge in [0.15, 0.2) is 5.13 Å². The van der Waals surface area contributed by atoms with Crippen LogP contribution in [0.15, 0.2) is 42.5 Å². The quantitative estimate of drug-likeness (QED) is 0.444. The van der Waals surface area contributed by atoms with E-state index >= 15 is 0 Å². The molecule has 136 valence electrons. The van der Waals surface area contributed by atoms with Crippen LogP contribution in [0.4, 0.5) is 5.13 Å². The molecule has 0 unspecified atom stereocenters. The second-order valence-corrected chi connectivity index (χ2v) is 8.38. The molecule has 1 heterocycles. The molecule has 0 aliphatic heterocycles. The van der Waals surface area contributed by atoms with E-state index in [1.807, 2.05) is 49.4 Å². The van der Waals surface area contributed by atoms with Crippen LogP contribution in [0, 0.1) is 0 Å². The highest BCUT2D eigenvalue weighted by Gasteiger charge is 2.15. The Morgan fingerprint density at radius 2 is 2.08 bits per heavy atom. The average molecular weight is 454 g/mol. The van der Waals surface area contributed by atoms with Crippen LogP contribution in [0.5, 0.6) is 5.75 Å². The summed E-state index contributed by atoms with van der Waals surface area (Å²) in [6.07, 6.45) is 1.73. The van der Waals surface area contributed by atoms with Gasteiger partial charge in [-0.15, -0.1) is 0 Å². The van der Waals surface area contributed by atoms with Gasteiger partial charge < -0.3 is 10.1 Å². The number of anilines is 1. The molecule has 0 radical (unpaired) electrons. The number of ether oxygens (including phenoxy) is 1. The van der Waals surface area contributed by atoms with E-state index in [2.05, 4.69) is 26.2 Å². The van der Waals surface area contributed by atoms with Crippen LogP contribution in [0.2, 0.25) is 5.02 Å². The number of rotatable bonds is 7. The molecule has 26 heavy (non-hydrogen) atoms.